The lowest BCUT2D eigenvalue weighted by Crippen LogP contribution is -2.41. The van der Waals surface area contributed by atoms with Crippen LogP contribution in [0.15, 0.2) is 42.5 Å². The largest absolute Gasteiger partial charge is 0.399 e. The molecule has 3 aromatic rings. The first-order valence-corrected chi connectivity index (χ1v) is 10.1. The summed E-state index contributed by atoms with van der Waals surface area (Å²) in [6, 6.07) is 16.3. The molecule has 0 aliphatic heterocycles. The molecule has 1 heterocycles. The quantitative estimate of drug-likeness (QED) is 0.670. The summed E-state index contributed by atoms with van der Waals surface area (Å²) in [4.78, 5) is 12.2. The summed E-state index contributed by atoms with van der Waals surface area (Å²) in [6.45, 7) is 4.58. The normalized spacial score (nSPS) is 15.9. The molecule has 1 aliphatic carbocycles. The molecule has 1 atom stereocenters. The molecule has 2 aromatic carbocycles. The van der Waals surface area contributed by atoms with E-state index >= 15 is 0 Å². The number of nitrogens with two attached hydrogens (primary N) is 1. The lowest BCUT2D eigenvalue weighted by Gasteiger charge is -2.26. The van der Waals surface area contributed by atoms with Gasteiger partial charge in [0.15, 0.2) is 0 Å². The highest BCUT2D eigenvalue weighted by Crippen LogP contribution is 2.34. The van der Waals surface area contributed by atoms with Gasteiger partial charge in [-0.25, -0.2) is 0 Å². The maximum absolute atomic E-state index is 12.2. The van der Waals surface area contributed by atoms with Crippen molar-refractivity contribution in [1.82, 2.24) is 9.88 Å². The summed E-state index contributed by atoms with van der Waals surface area (Å²) in [5, 5.41) is 13.7. The SMILES string of the molecule is CC(C)C(=O)NC1CCc2c(c3cc(C#N)ccc3n2Cc2cccc(N)c2)C1. The van der Waals surface area contributed by atoms with Crippen molar-refractivity contribution >= 4 is 22.5 Å². The van der Waals surface area contributed by atoms with Gasteiger partial charge in [0.05, 0.1) is 11.6 Å². The van der Waals surface area contributed by atoms with Crippen LogP contribution in [0.25, 0.3) is 10.9 Å². The number of aromatic nitrogens is 1. The van der Waals surface area contributed by atoms with E-state index < -0.39 is 0 Å². The van der Waals surface area contributed by atoms with Gasteiger partial charge in [-0.2, -0.15) is 5.26 Å². The Morgan fingerprint density at radius 3 is 2.86 bits per heavy atom. The molecule has 1 aromatic heterocycles. The molecule has 1 amide bonds. The Morgan fingerprint density at radius 1 is 1.31 bits per heavy atom. The molecule has 1 unspecified atom stereocenters. The monoisotopic (exact) mass is 386 g/mol. The van der Waals surface area contributed by atoms with Crippen LogP contribution in [-0.2, 0) is 24.2 Å². The number of nitrogen functional groups attached to an aromatic ring is 1. The third-order valence-corrected chi connectivity index (χ3v) is 5.76. The zero-order valence-electron chi connectivity index (χ0n) is 16.9. The van der Waals surface area contributed by atoms with Crippen LogP contribution in [0, 0.1) is 17.2 Å². The molecule has 0 bridgehead atoms. The maximum atomic E-state index is 12.2. The van der Waals surface area contributed by atoms with Crippen molar-refractivity contribution in [2.75, 3.05) is 5.73 Å². The van der Waals surface area contributed by atoms with Gasteiger partial charge in [-0.1, -0.05) is 26.0 Å². The van der Waals surface area contributed by atoms with Crippen LogP contribution in [0.1, 0.15) is 42.7 Å². The van der Waals surface area contributed by atoms with Crippen molar-refractivity contribution in [2.24, 2.45) is 5.92 Å². The number of hydrogen-bond acceptors (Lipinski definition) is 3. The highest BCUT2D eigenvalue weighted by Gasteiger charge is 2.27. The minimum absolute atomic E-state index is 0.0218. The summed E-state index contributed by atoms with van der Waals surface area (Å²) in [5.41, 5.74) is 12.2. The number of nitrogens with zero attached hydrogens (tertiary/aromatic N) is 2. The van der Waals surface area contributed by atoms with Gasteiger partial charge in [0.25, 0.3) is 0 Å². The third-order valence-electron chi connectivity index (χ3n) is 5.76. The van der Waals surface area contributed by atoms with E-state index in [9.17, 15) is 10.1 Å². The zero-order valence-corrected chi connectivity index (χ0v) is 16.9. The van der Waals surface area contributed by atoms with Crippen LogP contribution in [0.4, 0.5) is 5.69 Å². The summed E-state index contributed by atoms with van der Waals surface area (Å²) in [6.07, 6.45) is 2.62. The molecule has 0 radical (unpaired) electrons. The molecule has 4 rings (SSSR count). The summed E-state index contributed by atoms with van der Waals surface area (Å²) in [7, 11) is 0. The predicted octanol–water partition coefficient (Wildman–Crippen LogP) is 3.77. The lowest BCUT2D eigenvalue weighted by atomic mass is 9.90. The van der Waals surface area contributed by atoms with Crippen molar-refractivity contribution in [3.05, 3.63) is 64.8 Å². The molecule has 3 N–H and O–H groups in total. The van der Waals surface area contributed by atoms with Crippen LogP contribution >= 0.6 is 0 Å². The Hall–Kier alpha value is -3.26. The molecule has 29 heavy (non-hydrogen) atoms. The van der Waals surface area contributed by atoms with Crippen molar-refractivity contribution in [3.63, 3.8) is 0 Å². The van der Waals surface area contributed by atoms with Crippen LogP contribution < -0.4 is 11.1 Å². The average Bonchev–Trinajstić information content (AvgIpc) is 3.00. The van der Waals surface area contributed by atoms with Gasteiger partial charge in [0.1, 0.15) is 0 Å². The molecule has 0 fully saturated rings. The Kier molecular flexibility index (Phi) is 5.02. The molecule has 148 valence electrons. The Bertz CT molecular complexity index is 1120. The zero-order chi connectivity index (χ0) is 20.5. The summed E-state index contributed by atoms with van der Waals surface area (Å²) >= 11 is 0. The van der Waals surface area contributed by atoms with E-state index in [4.69, 9.17) is 5.73 Å². The van der Waals surface area contributed by atoms with Crippen molar-refractivity contribution < 1.29 is 4.79 Å². The highest BCUT2D eigenvalue weighted by molar-refractivity contribution is 5.87. The molecular formula is C24H26N4O. The van der Waals surface area contributed by atoms with E-state index in [-0.39, 0.29) is 17.9 Å². The second-order valence-electron chi connectivity index (χ2n) is 8.20. The highest BCUT2D eigenvalue weighted by atomic mass is 16.1. The van der Waals surface area contributed by atoms with Gasteiger partial charge >= 0.3 is 0 Å². The standard InChI is InChI=1S/C24H26N4O/c1-15(2)24(29)27-19-7-9-23-21(12-19)20-11-16(13-25)6-8-22(20)28(23)14-17-4-3-5-18(26)10-17/h3-6,8,10-11,15,19H,7,9,12,14,26H2,1-2H3,(H,27,29). The number of nitriles is 1. The minimum Gasteiger partial charge on any atom is -0.399 e. The van der Waals surface area contributed by atoms with Crippen LogP contribution in [0.5, 0.6) is 0 Å². The Morgan fingerprint density at radius 2 is 2.14 bits per heavy atom. The molecule has 0 saturated heterocycles. The molecule has 0 spiro atoms. The predicted molar refractivity (Wildman–Crippen MR) is 115 cm³/mol. The van der Waals surface area contributed by atoms with Gasteiger partial charge in [0, 0.05) is 40.8 Å². The summed E-state index contributed by atoms with van der Waals surface area (Å²) < 4.78 is 2.35. The number of fused-ring (bicyclic) bond motifs is 3. The van der Waals surface area contributed by atoms with Crippen LogP contribution in [0.3, 0.4) is 0 Å². The van der Waals surface area contributed by atoms with Gasteiger partial charge in [0.2, 0.25) is 5.91 Å². The van der Waals surface area contributed by atoms with Gasteiger partial charge < -0.3 is 15.6 Å². The van der Waals surface area contributed by atoms with Gasteiger partial charge in [-0.05, 0) is 60.7 Å². The fourth-order valence-corrected chi connectivity index (χ4v) is 4.27. The Labute approximate surface area is 171 Å². The first kappa shape index (κ1) is 19.1. The second-order valence-corrected chi connectivity index (χ2v) is 8.20. The lowest BCUT2D eigenvalue weighted by molar-refractivity contribution is -0.124. The number of nitrogens with one attached hydrogen (secondary N) is 1. The maximum Gasteiger partial charge on any atom is 0.222 e. The minimum atomic E-state index is -0.0218. The number of anilines is 1. The van der Waals surface area contributed by atoms with E-state index in [0.717, 1.165) is 48.0 Å². The first-order chi connectivity index (χ1) is 14.0. The van der Waals surface area contributed by atoms with E-state index in [2.05, 4.69) is 22.0 Å². The Balaban J connectivity index is 1.76. The number of hydrogen-bond donors (Lipinski definition) is 2. The van der Waals surface area contributed by atoms with Crippen molar-refractivity contribution in [3.8, 4) is 6.07 Å². The number of carbonyl (C=O) groups excluding carboxylic acids is 1. The molecular weight excluding hydrogens is 360 g/mol. The fourth-order valence-electron chi connectivity index (χ4n) is 4.27. The number of amides is 1. The molecule has 0 saturated carbocycles. The van der Waals surface area contributed by atoms with E-state index in [1.807, 2.05) is 50.2 Å². The second kappa shape index (κ2) is 7.63. The topological polar surface area (TPSA) is 83.8 Å². The first-order valence-electron chi connectivity index (χ1n) is 10.1. The number of rotatable bonds is 4. The van der Waals surface area contributed by atoms with Crippen LogP contribution in [0.2, 0.25) is 0 Å². The van der Waals surface area contributed by atoms with E-state index in [1.165, 1.54) is 11.3 Å². The smallest absolute Gasteiger partial charge is 0.222 e. The van der Waals surface area contributed by atoms with Crippen molar-refractivity contribution in [2.45, 2.75) is 45.7 Å². The van der Waals surface area contributed by atoms with E-state index in [1.54, 1.807) is 0 Å². The van der Waals surface area contributed by atoms with Gasteiger partial charge in [-0.3, -0.25) is 4.79 Å². The third kappa shape index (κ3) is 3.71. The molecule has 5 heteroatoms. The van der Waals surface area contributed by atoms with Gasteiger partial charge in [-0.15, -0.1) is 0 Å². The average molecular weight is 386 g/mol. The number of carbonyl (C=O) groups is 1. The summed E-state index contributed by atoms with van der Waals surface area (Å²) in [5.74, 6) is 0.0751. The van der Waals surface area contributed by atoms with Crippen LogP contribution in [-0.4, -0.2) is 16.5 Å². The van der Waals surface area contributed by atoms with Crippen molar-refractivity contribution in [1.29, 1.82) is 5.26 Å². The van der Waals surface area contributed by atoms with E-state index in [0.29, 0.717) is 5.56 Å². The fraction of sp³-hybridized carbons (Fsp3) is 0.333. The number of benzene rings is 2. The molecule has 1 aliphatic rings. The molecule has 5 nitrogen and oxygen atoms in total.